The van der Waals surface area contributed by atoms with Gasteiger partial charge >= 0.3 is 0 Å². The summed E-state index contributed by atoms with van der Waals surface area (Å²) in [7, 11) is -3.25. The quantitative estimate of drug-likeness (QED) is 0.594. The van der Waals surface area contributed by atoms with Crippen LogP contribution >= 0.6 is 11.8 Å². The van der Waals surface area contributed by atoms with Gasteiger partial charge in [0.1, 0.15) is 5.82 Å². The van der Waals surface area contributed by atoms with Gasteiger partial charge in [-0.3, -0.25) is 4.79 Å². The highest BCUT2D eigenvalue weighted by atomic mass is 32.2. The van der Waals surface area contributed by atoms with Gasteiger partial charge in [-0.15, -0.1) is 16.8 Å². The number of nitrogens with one attached hydrogen (secondary N) is 1. The highest BCUT2D eigenvalue weighted by Crippen LogP contribution is 2.18. The van der Waals surface area contributed by atoms with E-state index in [1.54, 1.807) is 18.2 Å². The lowest BCUT2D eigenvalue weighted by molar-refractivity contribution is -0.113. The molecule has 0 aliphatic heterocycles. The highest BCUT2D eigenvalue weighted by molar-refractivity contribution is 7.99. The third-order valence-corrected chi connectivity index (χ3v) is 5.21. The first kappa shape index (κ1) is 18.2. The topological polar surface area (TPSA) is 93.9 Å². The molecule has 128 valence electrons. The minimum absolute atomic E-state index is 0.170. The minimum Gasteiger partial charge on any atom is -0.325 e. The van der Waals surface area contributed by atoms with Gasteiger partial charge in [-0.25, -0.2) is 8.42 Å². The van der Waals surface area contributed by atoms with E-state index in [-0.39, 0.29) is 16.6 Å². The first-order valence-electron chi connectivity index (χ1n) is 7.04. The maximum atomic E-state index is 12.0. The second-order valence-electron chi connectivity index (χ2n) is 5.06. The van der Waals surface area contributed by atoms with Crippen LogP contribution in [0.3, 0.4) is 0 Å². The smallest absolute Gasteiger partial charge is 0.234 e. The zero-order valence-corrected chi connectivity index (χ0v) is 15.0. The molecule has 1 aromatic heterocycles. The number of sulfone groups is 1. The van der Waals surface area contributed by atoms with Gasteiger partial charge in [0.2, 0.25) is 5.91 Å². The van der Waals surface area contributed by atoms with E-state index >= 15 is 0 Å². The van der Waals surface area contributed by atoms with Gasteiger partial charge in [0.15, 0.2) is 15.0 Å². The maximum absolute atomic E-state index is 12.0. The molecule has 0 aliphatic rings. The number of benzene rings is 1. The predicted octanol–water partition coefficient (Wildman–Crippen LogP) is 1.91. The van der Waals surface area contributed by atoms with Crippen molar-refractivity contribution < 1.29 is 13.2 Å². The van der Waals surface area contributed by atoms with Crippen molar-refractivity contribution in [2.45, 2.75) is 23.5 Å². The molecule has 9 heteroatoms. The van der Waals surface area contributed by atoms with Crippen molar-refractivity contribution in [2.75, 3.05) is 17.3 Å². The first-order valence-corrected chi connectivity index (χ1v) is 9.92. The van der Waals surface area contributed by atoms with Crippen LogP contribution in [0.2, 0.25) is 0 Å². The van der Waals surface area contributed by atoms with E-state index in [9.17, 15) is 13.2 Å². The Bertz CT molecular complexity index is 842. The molecule has 24 heavy (non-hydrogen) atoms. The van der Waals surface area contributed by atoms with Gasteiger partial charge in [0.25, 0.3) is 0 Å². The second-order valence-corrected chi connectivity index (χ2v) is 8.02. The van der Waals surface area contributed by atoms with Crippen molar-refractivity contribution in [3.8, 4) is 0 Å². The Morgan fingerprint density at radius 2 is 2.00 bits per heavy atom. The van der Waals surface area contributed by atoms with Crippen LogP contribution in [0.4, 0.5) is 5.69 Å². The van der Waals surface area contributed by atoms with Crippen molar-refractivity contribution in [1.82, 2.24) is 14.8 Å². The molecule has 1 heterocycles. The van der Waals surface area contributed by atoms with Gasteiger partial charge in [0.05, 0.1) is 10.6 Å². The first-order chi connectivity index (χ1) is 11.3. The number of carbonyl (C=O) groups is 1. The molecular weight excluding hydrogens is 348 g/mol. The number of aryl methyl sites for hydroxylation is 1. The Morgan fingerprint density at radius 1 is 1.33 bits per heavy atom. The van der Waals surface area contributed by atoms with E-state index in [4.69, 9.17) is 0 Å². The number of nitrogens with zero attached hydrogens (tertiary/aromatic N) is 3. The average molecular weight is 366 g/mol. The maximum Gasteiger partial charge on any atom is 0.234 e. The molecule has 0 bridgehead atoms. The van der Waals surface area contributed by atoms with E-state index in [2.05, 4.69) is 22.1 Å². The lowest BCUT2D eigenvalue weighted by atomic mass is 10.3. The average Bonchev–Trinajstić information content (AvgIpc) is 2.86. The zero-order valence-electron chi connectivity index (χ0n) is 13.4. The fraction of sp³-hybridized carbons (Fsp3) is 0.267. The van der Waals surface area contributed by atoms with Crippen LogP contribution in [0.5, 0.6) is 0 Å². The van der Waals surface area contributed by atoms with E-state index in [0.717, 1.165) is 12.1 Å². The number of hydrogen-bond donors (Lipinski definition) is 1. The Morgan fingerprint density at radius 3 is 2.58 bits per heavy atom. The summed E-state index contributed by atoms with van der Waals surface area (Å²) in [5.74, 6) is 0.718. The number of carbonyl (C=O) groups excluding carboxylic acids is 1. The largest absolute Gasteiger partial charge is 0.325 e. The normalized spacial score (nSPS) is 11.2. The highest BCUT2D eigenvalue weighted by Gasteiger charge is 2.12. The minimum atomic E-state index is -3.25. The summed E-state index contributed by atoms with van der Waals surface area (Å²) in [5.41, 5.74) is 0.539. The summed E-state index contributed by atoms with van der Waals surface area (Å²) in [6.45, 7) is 6.10. The summed E-state index contributed by atoms with van der Waals surface area (Å²) in [6, 6.07) is 6.04. The Balaban J connectivity index is 1.95. The van der Waals surface area contributed by atoms with Crippen molar-refractivity contribution in [3.05, 3.63) is 42.7 Å². The standard InChI is InChI=1S/C15H18N4O3S2/c1-4-9-19-11(2)17-18-15(19)23-10-14(20)16-12-5-7-13(8-6-12)24(3,21)22/h4-8H,1,9-10H2,2-3H3,(H,16,20). The SMILES string of the molecule is C=CCn1c(C)nnc1SCC(=O)Nc1ccc(S(C)(=O)=O)cc1. The molecule has 1 aromatic carbocycles. The molecule has 1 N–H and O–H groups in total. The molecule has 0 radical (unpaired) electrons. The Hall–Kier alpha value is -2.13. The number of anilines is 1. The molecule has 1 amide bonds. The number of amides is 1. The van der Waals surface area contributed by atoms with Crippen molar-refractivity contribution >= 4 is 33.2 Å². The van der Waals surface area contributed by atoms with Crippen LogP contribution in [0.1, 0.15) is 5.82 Å². The predicted molar refractivity (Wildman–Crippen MR) is 93.9 cm³/mol. The Labute approximate surface area is 145 Å². The second kappa shape index (κ2) is 7.63. The van der Waals surface area contributed by atoms with E-state index in [1.165, 1.54) is 23.9 Å². The Kier molecular flexibility index (Phi) is 5.79. The number of thioether (sulfide) groups is 1. The van der Waals surface area contributed by atoms with Crippen LogP contribution in [-0.2, 0) is 21.2 Å². The fourth-order valence-electron chi connectivity index (χ4n) is 1.92. The van der Waals surface area contributed by atoms with Crippen LogP contribution in [0.25, 0.3) is 0 Å². The monoisotopic (exact) mass is 366 g/mol. The molecule has 7 nitrogen and oxygen atoms in total. The summed E-state index contributed by atoms with van der Waals surface area (Å²) in [4.78, 5) is 12.2. The molecule has 0 spiro atoms. The van der Waals surface area contributed by atoms with Gasteiger partial charge in [0, 0.05) is 18.5 Å². The van der Waals surface area contributed by atoms with Gasteiger partial charge < -0.3 is 9.88 Å². The fourth-order valence-corrected chi connectivity index (χ4v) is 3.34. The van der Waals surface area contributed by atoms with E-state index in [0.29, 0.717) is 17.4 Å². The zero-order chi connectivity index (χ0) is 17.7. The third-order valence-electron chi connectivity index (χ3n) is 3.11. The molecule has 0 aliphatic carbocycles. The van der Waals surface area contributed by atoms with Crippen LogP contribution < -0.4 is 5.32 Å². The molecule has 0 unspecified atom stereocenters. The summed E-state index contributed by atoms with van der Waals surface area (Å²) in [6.07, 6.45) is 2.88. The molecular formula is C15H18N4O3S2. The summed E-state index contributed by atoms with van der Waals surface area (Å²) < 4.78 is 24.7. The lowest BCUT2D eigenvalue weighted by Gasteiger charge is -2.07. The van der Waals surface area contributed by atoms with Gasteiger partial charge in [-0.1, -0.05) is 17.8 Å². The van der Waals surface area contributed by atoms with Crippen molar-refractivity contribution in [1.29, 1.82) is 0 Å². The molecule has 2 aromatic rings. The van der Waals surface area contributed by atoms with Gasteiger partial charge in [-0.2, -0.15) is 0 Å². The van der Waals surface area contributed by atoms with E-state index in [1.807, 2.05) is 11.5 Å². The molecule has 0 atom stereocenters. The lowest BCUT2D eigenvalue weighted by Crippen LogP contribution is -2.14. The number of hydrogen-bond acceptors (Lipinski definition) is 6. The van der Waals surface area contributed by atoms with E-state index < -0.39 is 9.84 Å². The number of rotatable bonds is 7. The van der Waals surface area contributed by atoms with Crippen LogP contribution in [0, 0.1) is 6.92 Å². The summed E-state index contributed by atoms with van der Waals surface area (Å²) in [5, 5.41) is 11.4. The van der Waals surface area contributed by atoms with Gasteiger partial charge in [-0.05, 0) is 31.2 Å². The van der Waals surface area contributed by atoms with Crippen LogP contribution in [-0.4, -0.2) is 41.1 Å². The van der Waals surface area contributed by atoms with Crippen molar-refractivity contribution in [3.63, 3.8) is 0 Å². The number of aromatic nitrogens is 3. The molecule has 0 saturated carbocycles. The number of allylic oxidation sites excluding steroid dienone is 1. The molecule has 0 saturated heterocycles. The molecule has 2 rings (SSSR count). The van der Waals surface area contributed by atoms with Crippen LogP contribution in [0.15, 0.2) is 47.0 Å². The third kappa shape index (κ3) is 4.68. The van der Waals surface area contributed by atoms with Crippen molar-refractivity contribution in [2.24, 2.45) is 0 Å². The molecule has 0 fully saturated rings. The summed E-state index contributed by atoms with van der Waals surface area (Å²) >= 11 is 1.28.